The number of hydrogen-bond acceptors (Lipinski definition) is 6. The minimum atomic E-state index is -4.67. The summed E-state index contributed by atoms with van der Waals surface area (Å²) in [5.41, 5.74) is 0.594. The number of sulfone groups is 1. The van der Waals surface area contributed by atoms with Crippen LogP contribution in [-0.2, 0) is 20.8 Å². The average molecular weight is 503 g/mol. The van der Waals surface area contributed by atoms with Gasteiger partial charge in [-0.05, 0) is 31.4 Å². The van der Waals surface area contributed by atoms with E-state index in [4.69, 9.17) is 0 Å². The first-order valence-corrected chi connectivity index (χ1v) is 12.6. The summed E-state index contributed by atoms with van der Waals surface area (Å²) in [5.74, 6) is -2.68. The smallest absolute Gasteiger partial charge is 0.365 e. The van der Waals surface area contributed by atoms with Crippen molar-refractivity contribution in [3.05, 3.63) is 54.4 Å². The highest BCUT2D eigenvalue weighted by Crippen LogP contribution is 2.30. The molecular formula is C22H26F4N4O3S. The molecule has 0 aliphatic carbocycles. The summed E-state index contributed by atoms with van der Waals surface area (Å²) in [4.78, 5) is 23.3. The summed E-state index contributed by atoms with van der Waals surface area (Å²) in [5, 5.41) is 0. The largest absolute Gasteiger partial charge is 0.451 e. The molecule has 2 aliphatic heterocycles. The highest BCUT2D eigenvalue weighted by atomic mass is 32.2. The summed E-state index contributed by atoms with van der Waals surface area (Å²) < 4.78 is 76.7. The maximum atomic E-state index is 14.8. The Morgan fingerprint density at radius 1 is 1.18 bits per heavy atom. The van der Waals surface area contributed by atoms with Crippen LogP contribution in [0.3, 0.4) is 0 Å². The third-order valence-electron chi connectivity index (χ3n) is 6.08. The van der Waals surface area contributed by atoms with E-state index < -0.39 is 39.6 Å². The van der Waals surface area contributed by atoms with Crippen molar-refractivity contribution in [3.8, 4) is 0 Å². The van der Waals surface area contributed by atoms with E-state index in [0.717, 1.165) is 12.4 Å². The van der Waals surface area contributed by atoms with Crippen LogP contribution in [0.5, 0.6) is 0 Å². The van der Waals surface area contributed by atoms with Gasteiger partial charge in [0.25, 0.3) is 0 Å². The van der Waals surface area contributed by atoms with Crippen LogP contribution in [0.15, 0.2) is 48.6 Å². The monoisotopic (exact) mass is 502 g/mol. The minimum absolute atomic E-state index is 0.0673. The lowest BCUT2D eigenvalue weighted by molar-refractivity contribution is -0.145. The normalized spacial score (nSPS) is 22.6. The second kappa shape index (κ2) is 10.2. The van der Waals surface area contributed by atoms with E-state index in [2.05, 4.69) is 16.5 Å². The van der Waals surface area contributed by atoms with E-state index in [0.29, 0.717) is 5.69 Å². The van der Waals surface area contributed by atoms with Gasteiger partial charge in [0.05, 0.1) is 35.6 Å². The van der Waals surface area contributed by atoms with Gasteiger partial charge in [-0.15, -0.1) is 0 Å². The number of carbonyl (C=O) groups is 1. The molecule has 7 nitrogen and oxygen atoms in total. The molecule has 0 N–H and O–H groups in total. The van der Waals surface area contributed by atoms with Crippen LogP contribution in [0.2, 0.25) is 0 Å². The van der Waals surface area contributed by atoms with Crippen molar-refractivity contribution in [3.63, 3.8) is 0 Å². The molecule has 0 radical (unpaired) electrons. The van der Waals surface area contributed by atoms with Gasteiger partial charge in [0.2, 0.25) is 11.7 Å². The number of alkyl halides is 3. The van der Waals surface area contributed by atoms with Gasteiger partial charge in [0.15, 0.2) is 0 Å². The average Bonchev–Trinajstić information content (AvgIpc) is 2.80. The topological polar surface area (TPSA) is 83.5 Å². The fraction of sp³-hybridized carbons (Fsp3) is 0.500. The van der Waals surface area contributed by atoms with E-state index >= 15 is 0 Å². The Kier molecular flexibility index (Phi) is 7.79. The number of allylic oxidation sites excluding steroid dienone is 4. The lowest BCUT2D eigenvalue weighted by Crippen LogP contribution is -2.57. The Bertz CT molecular complexity index is 1070. The Balaban J connectivity index is 1.87. The van der Waals surface area contributed by atoms with Crippen molar-refractivity contribution >= 4 is 21.4 Å². The lowest BCUT2D eigenvalue weighted by atomic mass is 9.96. The van der Waals surface area contributed by atoms with Crippen LogP contribution >= 0.6 is 0 Å². The zero-order chi connectivity index (χ0) is 25.1. The van der Waals surface area contributed by atoms with Crippen LogP contribution in [-0.4, -0.2) is 66.4 Å². The Morgan fingerprint density at radius 2 is 1.79 bits per heavy atom. The molecule has 1 unspecified atom stereocenters. The Labute approximate surface area is 195 Å². The second-order valence-corrected chi connectivity index (χ2v) is 10.6. The molecule has 2 fully saturated rings. The molecule has 0 saturated carbocycles. The standard InChI is InChI=1S/C22H26F4N4O3S/c1-3-4-5-18(23)15(2)19-14-29(17-12-27-21(28-13-17)22(24,25)26)8-9-30(19)20(31)16-6-10-34(32,33)11-7-16/h3-5,12-13,16,19H,1,6-11,14H2,2H3/b5-4-,18-15-. The van der Waals surface area contributed by atoms with Gasteiger partial charge in [-0.25, -0.2) is 22.8 Å². The van der Waals surface area contributed by atoms with Crippen LogP contribution in [0.1, 0.15) is 25.6 Å². The number of nitrogens with zero attached hydrogens (tertiary/aromatic N) is 4. The van der Waals surface area contributed by atoms with Crippen LogP contribution in [0.4, 0.5) is 23.2 Å². The van der Waals surface area contributed by atoms with E-state index in [-0.39, 0.29) is 55.5 Å². The van der Waals surface area contributed by atoms with E-state index in [9.17, 15) is 30.8 Å². The quantitative estimate of drug-likeness (QED) is 0.454. The number of rotatable bonds is 5. The first-order chi connectivity index (χ1) is 15.9. The first-order valence-electron chi connectivity index (χ1n) is 10.7. The van der Waals surface area contributed by atoms with Crippen LogP contribution < -0.4 is 4.90 Å². The molecule has 1 atom stereocenters. The minimum Gasteiger partial charge on any atom is -0.365 e. The number of anilines is 1. The number of halogens is 4. The number of carbonyl (C=O) groups excluding carboxylic acids is 1. The number of hydrogen-bond donors (Lipinski definition) is 0. The fourth-order valence-corrected chi connectivity index (χ4v) is 5.59. The van der Waals surface area contributed by atoms with Gasteiger partial charge in [-0.3, -0.25) is 4.79 Å². The van der Waals surface area contributed by atoms with E-state index in [1.165, 1.54) is 18.2 Å². The number of piperazine rings is 1. The third-order valence-corrected chi connectivity index (χ3v) is 7.79. The third kappa shape index (κ3) is 6.02. The van der Waals surface area contributed by atoms with Gasteiger partial charge in [-0.2, -0.15) is 13.2 Å². The molecule has 186 valence electrons. The summed E-state index contributed by atoms with van der Waals surface area (Å²) in [6.45, 7) is 5.63. The highest BCUT2D eigenvalue weighted by molar-refractivity contribution is 7.91. The van der Waals surface area contributed by atoms with Gasteiger partial charge in [0.1, 0.15) is 15.7 Å². The molecule has 1 amide bonds. The van der Waals surface area contributed by atoms with Gasteiger partial charge in [0, 0.05) is 25.6 Å². The number of amides is 1. The lowest BCUT2D eigenvalue weighted by Gasteiger charge is -2.44. The first kappa shape index (κ1) is 25.9. The SMILES string of the molecule is C=C/C=C\C(F)=C(/C)C1CN(c2cnc(C(F)(F)F)nc2)CCN1C(=O)C1CCS(=O)(=O)CC1. The zero-order valence-corrected chi connectivity index (χ0v) is 19.4. The molecule has 1 aromatic rings. The Hall–Kier alpha value is -2.76. The molecule has 12 heteroatoms. The van der Waals surface area contributed by atoms with E-state index in [1.54, 1.807) is 16.7 Å². The molecule has 0 aromatic carbocycles. The van der Waals surface area contributed by atoms with Crippen molar-refractivity contribution in [1.29, 1.82) is 0 Å². The zero-order valence-electron chi connectivity index (χ0n) is 18.6. The number of aromatic nitrogens is 2. The molecule has 0 bridgehead atoms. The van der Waals surface area contributed by atoms with Gasteiger partial charge in [-0.1, -0.05) is 18.7 Å². The summed E-state index contributed by atoms with van der Waals surface area (Å²) in [6.07, 6.45) is 1.92. The molecule has 34 heavy (non-hydrogen) atoms. The van der Waals surface area contributed by atoms with Gasteiger partial charge < -0.3 is 9.80 Å². The summed E-state index contributed by atoms with van der Waals surface area (Å²) in [6, 6.07) is -0.712. The summed E-state index contributed by atoms with van der Waals surface area (Å²) in [7, 11) is -3.15. The summed E-state index contributed by atoms with van der Waals surface area (Å²) >= 11 is 0. The van der Waals surface area contributed by atoms with Crippen molar-refractivity contribution < 1.29 is 30.8 Å². The highest BCUT2D eigenvalue weighted by Gasteiger charge is 2.39. The van der Waals surface area contributed by atoms with Crippen LogP contribution in [0.25, 0.3) is 0 Å². The van der Waals surface area contributed by atoms with Crippen molar-refractivity contribution in [2.24, 2.45) is 5.92 Å². The Morgan fingerprint density at radius 3 is 2.35 bits per heavy atom. The van der Waals surface area contributed by atoms with E-state index in [1.807, 2.05) is 0 Å². The predicted molar refractivity (Wildman–Crippen MR) is 119 cm³/mol. The fourth-order valence-electron chi connectivity index (χ4n) is 4.10. The molecule has 3 rings (SSSR count). The van der Waals surface area contributed by atoms with Crippen molar-refractivity contribution in [2.45, 2.75) is 32.0 Å². The van der Waals surface area contributed by atoms with Gasteiger partial charge >= 0.3 is 6.18 Å². The molecule has 2 aliphatic rings. The van der Waals surface area contributed by atoms with Crippen molar-refractivity contribution in [2.75, 3.05) is 36.0 Å². The second-order valence-electron chi connectivity index (χ2n) is 8.31. The molecule has 3 heterocycles. The predicted octanol–water partition coefficient (Wildman–Crippen LogP) is 3.32. The van der Waals surface area contributed by atoms with Crippen LogP contribution in [0, 0.1) is 5.92 Å². The molecule has 0 spiro atoms. The van der Waals surface area contributed by atoms with Crippen molar-refractivity contribution in [1.82, 2.24) is 14.9 Å². The molecule has 2 saturated heterocycles. The maximum absolute atomic E-state index is 14.8. The molecule has 1 aromatic heterocycles. The maximum Gasteiger partial charge on any atom is 0.451 e. The molecular weight excluding hydrogens is 476 g/mol.